The molecule has 0 heterocycles. The largest absolute Gasteiger partial charge is 0.312 e. The molecule has 1 aromatic carbocycles. The fourth-order valence-electron chi connectivity index (χ4n) is 1.92. The maximum Gasteiger partial charge on any atom is 0.0624 e. The highest BCUT2D eigenvalue weighted by Crippen LogP contribution is 2.27. The zero-order valence-corrected chi connectivity index (χ0v) is 12.4. The van der Waals surface area contributed by atoms with Gasteiger partial charge in [-0.25, -0.2) is 0 Å². The van der Waals surface area contributed by atoms with Gasteiger partial charge in [0.15, 0.2) is 0 Å². The third kappa shape index (κ3) is 4.50. The second kappa shape index (κ2) is 6.63. The number of nitrogens with one attached hydrogen (secondary N) is 1. The van der Waals surface area contributed by atoms with E-state index in [-0.39, 0.29) is 0 Å². The number of rotatable bonds is 5. The van der Waals surface area contributed by atoms with Gasteiger partial charge in [0, 0.05) is 12.1 Å². The first-order valence-electron chi connectivity index (χ1n) is 6.10. The molecule has 0 spiro atoms. The standard InChI is InChI=1S/C14H21Cl2N/c1-9(2)17-11(4)10(3)8-12-6-5-7-13(15)14(12)16/h5-7,9-11,17H,8H2,1-4H3. The van der Waals surface area contributed by atoms with Crippen molar-refractivity contribution in [1.29, 1.82) is 0 Å². The first-order valence-corrected chi connectivity index (χ1v) is 6.86. The fraction of sp³-hybridized carbons (Fsp3) is 0.571. The third-order valence-corrected chi connectivity index (χ3v) is 3.88. The van der Waals surface area contributed by atoms with Crippen LogP contribution in [0.4, 0.5) is 0 Å². The Morgan fingerprint density at radius 1 is 1.12 bits per heavy atom. The van der Waals surface area contributed by atoms with Crippen LogP contribution in [0.1, 0.15) is 33.3 Å². The van der Waals surface area contributed by atoms with Crippen molar-refractivity contribution in [2.24, 2.45) is 5.92 Å². The summed E-state index contributed by atoms with van der Waals surface area (Å²) in [6.07, 6.45) is 0.945. The van der Waals surface area contributed by atoms with E-state index in [1.54, 1.807) is 0 Å². The molecule has 0 fully saturated rings. The molecule has 0 aromatic heterocycles. The van der Waals surface area contributed by atoms with Gasteiger partial charge in [-0.2, -0.15) is 0 Å². The summed E-state index contributed by atoms with van der Waals surface area (Å²) in [4.78, 5) is 0. The molecule has 17 heavy (non-hydrogen) atoms. The Labute approximate surface area is 115 Å². The molecule has 1 rings (SSSR count). The van der Waals surface area contributed by atoms with Gasteiger partial charge in [0.05, 0.1) is 10.0 Å². The summed E-state index contributed by atoms with van der Waals surface area (Å²) in [6.45, 7) is 8.77. The molecule has 0 aliphatic heterocycles. The van der Waals surface area contributed by atoms with Crippen LogP contribution in [0.15, 0.2) is 18.2 Å². The Balaban J connectivity index is 2.67. The van der Waals surface area contributed by atoms with Crippen LogP contribution in [0.5, 0.6) is 0 Å². The van der Waals surface area contributed by atoms with Gasteiger partial charge in [0.2, 0.25) is 0 Å². The van der Waals surface area contributed by atoms with Crippen molar-refractivity contribution >= 4 is 23.2 Å². The zero-order chi connectivity index (χ0) is 13.0. The molecule has 0 aliphatic carbocycles. The Bertz CT molecular complexity index is 363. The molecule has 0 amide bonds. The second-order valence-corrected chi connectivity index (χ2v) is 5.79. The van der Waals surface area contributed by atoms with E-state index in [2.05, 4.69) is 33.0 Å². The maximum atomic E-state index is 6.20. The minimum absolute atomic E-state index is 0.463. The molecule has 0 saturated carbocycles. The minimum atomic E-state index is 0.463. The van der Waals surface area contributed by atoms with Crippen LogP contribution in [0.2, 0.25) is 10.0 Å². The van der Waals surface area contributed by atoms with Gasteiger partial charge in [-0.1, -0.05) is 56.1 Å². The summed E-state index contributed by atoms with van der Waals surface area (Å²) < 4.78 is 0. The Morgan fingerprint density at radius 2 is 1.76 bits per heavy atom. The van der Waals surface area contributed by atoms with E-state index in [4.69, 9.17) is 23.2 Å². The predicted molar refractivity (Wildman–Crippen MR) is 77.1 cm³/mol. The van der Waals surface area contributed by atoms with Crippen LogP contribution in [-0.4, -0.2) is 12.1 Å². The average Bonchev–Trinajstić information content (AvgIpc) is 2.23. The topological polar surface area (TPSA) is 12.0 Å². The Kier molecular flexibility index (Phi) is 5.78. The van der Waals surface area contributed by atoms with Gasteiger partial charge in [-0.3, -0.25) is 0 Å². The van der Waals surface area contributed by atoms with E-state index >= 15 is 0 Å². The zero-order valence-electron chi connectivity index (χ0n) is 10.9. The summed E-state index contributed by atoms with van der Waals surface area (Å²) in [5, 5.41) is 4.85. The van der Waals surface area contributed by atoms with Crippen LogP contribution >= 0.6 is 23.2 Å². The van der Waals surface area contributed by atoms with Crippen molar-refractivity contribution in [3.05, 3.63) is 33.8 Å². The van der Waals surface area contributed by atoms with Gasteiger partial charge in [-0.05, 0) is 30.9 Å². The average molecular weight is 274 g/mol. The quantitative estimate of drug-likeness (QED) is 0.830. The first-order chi connectivity index (χ1) is 7.91. The molecule has 2 atom stereocenters. The lowest BCUT2D eigenvalue weighted by molar-refractivity contribution is 0.372. The van der Waals surface area contributed by atoms with E-state index in [0.29, 0.717) is 28.0 Å². The molecular formula is C14H21Cl2N. The summed E-state index contributed by atoms with van der Waals surface area (Å²) in [7, 11) is 0. The number of benzene rings is 1. The molecule has 2 unspecified atom stereocenters. The van der Waals surface area contributed by atoms with Gasteiger partial charge in [0.25, 0.3) is 0 Å². The van der Waals surface area contributed by atoms with Crippen LogP contribution in [-0.2, 0) is 6.42 Å². The smallest absolute Gasteiger partial charge is 0.0624 e. The van der Waals surface area contributed by atoms with Crippen molar-refractivity contribution in [2.75, 3.05) is 0 Å². The van der Waals surface area contributed by atoms with Crippen LogP contribution in [0.25, 0.3) is 0 Å². The summed E-state index contributed by atoms with van der Waals surface area (Å²) in [5.74, 6) is 0.522. The predicted octanol–water partition coefficient (Wildman–Crippen LogP) is 4.56. The molecule has 3 heteroatoms. The van der Waals surface area contributed by atoms with E-state index < -0.39 is 0 Å². The third-order valence-electron chi connectivity index (χ3n) is 3.02. The second-order valence-electron chi connectivity index (χ2n) is 5.00. The molecule has 0 aliphatic rings. The fourth-order valence-corrected chi connectivity index (χ4v) is 2.32. The molecule has 1 nitrogen and oxygen atoms in total. The van der Waals surface area contributed by atoms with E-state index in [9.17, 15) is 0 Å². The lowest BCUT2D eigenvalue weighted by Gasteiger charge is -2.24. The van der Waals surface area contributed by atoms with Crippen LogP contribution < -0.4 is 5.32 Å². The minimum Gasteiger partial charge on any atom is -0.312 e. The Morgan fingerprint density at radius 3 is 2.35 bits per heavy atom. The van der Waals surface area contributed by atoms with E-state index in [1.165, 1.54) is 0 Å². The highest BCUT2D eigenvalue weighted by Gasteiger charge is 2.15. The lowest BCUT2D eigenvalue weighted by Crippen LogP contribution is -2.37. The molecule has 1 N–H and O–H groups in total. The molecular weight excluding hydrogens is 253 g/mol. The van der Waals surface area contributed by atoms with Crippen molar-refractivity contribution in [3.63, 3.8) is 0 Å². The van der Waals surface area contributed by atoms with Gasteiger partial charge in [0.1, 0.15) is 0 Å². The molecule has 0 radical (unpaired) electrons. The van der Waals surface area contributed by atoms with Gasteiger partial charge in [-0.15, -0.1) is 0 Å². The summed E-state index contributed by atoms with van der Waals surface area (Å²) in [6, 6.07) is 6.80. The lowest BCUT2D eigenvalue weighted by atomic mass is 9.94. The number of hydrogen-bond donors (Lipinski definition) is 1. The van der Waals surface area contributed by atoms with Crippen molar-refractivity contribution in [1.82, 2.24) is 5.32 Å². The molecule has 1 aromatic rings. The van der Waals surface area contributed by atoms with Crippen molar-refractivity contribution in [3.8, 4) is 0 Å². The summed E-state index contributed by atoms with van der Waals surface area (Å²) in [5.41, 5.74) is 1.13. The van der Waals surface area contributed by atoms with Crippen molar-refractivity contribution < 1.29 is 0 Å². The van der Waals surface area contributed by atoms with Gasteiger partial charge < -0.3 is 5.32 Å². The van der Waals surface area contributed by atoms with Crippen LogP contribution in [0, 0.1) is 5.92 Å². The van der Waals surface area contributed by atoms with E-state index in [0.717, 1.165) is 12.0 Å². The SMILES string of the molecule is CC(C)NC(C)C(C)Cc1cccc(Cl)c1Cl. The number of hydrogen-bond acceptors (Lipinski definition) is 1. The first kappa shape index (κ1) is 14.8. The van der Waals surface area contributed by atoms with Crippen LogP contribution in [0.3, 0.4) is 0 Å². The summed E-state index contributed by atoms with van der Waals surface area (Å²) >= 11 is 12.2. The highest BCUT2D eigenvalue weighted by molar-refractivity contribution is 6.42. The molecule has 0 bridgehead atoms. The van der Waals surface area contributed by atoms with E-state index in [1.807, 2.05) is 18.2 Å². The number of halogens is 2. The molecule has 0 saturated heterocycles. The highest BCUT2D eigenvalue weighted by atomic mass is 35.5. The Hall–Kier alpha value is -0.240. The van der Waals surface area contributed by atoms with Crippen molar-refractivity contribution in [2.45, 2.75) is 46.2 Å². The van der Waals surface area contributed by atoms with Gasteiger partial charge >= 0.3 is 0 Å². The maximum absolute atomic E-state index is 6.20. The normalized spacial score (nSPS) is 15.0. The molecule has 96 valence electrons. The monoisotopic (exact) mass is 273 g/mol.